The van der Waals surface area contributed by atoms with Crippen LogP contribution >= 0.6 is 12.4 Å². The van der Waals surface area contributed by atoms with E-state index in [1.807, 2.05) is 31.2 Å². The van der Waals surface area contributed by atoms with Gasteiger partial charge in [0, 0.05) is 12.2 Å². The normalized spacial score (nSPS) is 19.2. The zero-order chi connectivity index (χ0) is 13.7. The van der Waals surface area contributed by atoms with Gasteiger partial charge in [-0.05, 0) is 50.9 Å². The highest BCUT2D eigenvalue weighted by Crippen LogP contribution is 2.15. The minimum Gasteiger partial charge on any atom is -0.330 e. The molecule has 1 aliphatic heterocycles. The van der Waals surface area contributed by atoms with Crippen molar-refractivity contribution in [2.45, 2.75) is 19.8 Å². The molecule has 0 spiro atoms. The van der Waals surface area contributed by atoms with Crippen molar-refractivity contribution in [2.75, 3.05) is 31.5 Å². The molecule has 0 radical (unpaired) electrons. The van der Waals surface area contributed by atoms with Gasteiger partial charge in [0.1, 0.15) is 0 Å². The summed E-state index contributed by atoms with van der Waals surface area (Å²) in [5, 5.41) is 2.94. The predicted molar refractivity (Wildman–Crippen MR) is 85.3 cm³/mol. The van der Waals surface area contributed by atoms with E-state index < -0.39 is 0 Å². The molecule has 1 aromatic carbocycles. The molecule has 20 heavy (non-hydrogen) atoms. The molecule has 1 aromatic rings. The molecule has 1 amide bonds. The zero-order valence-corrected chi connectivity index (χ0v) is 12.8. The van der Waals surface area contributed by atoms with Crippen molar-refractivity contribution in [3.8, 4) is 0 Å². The lowest BCUT2D eigenvalue weighted by atomic mass is 9.98. The molecule has 0 aliphatic carbocycles. The number of nitrogens with zero attached hydrogens (tertiary/aromatic N) is 1. The molecule has 112 valence electrons. The van der Waals surface area contributed by atoms with Gasteiger partial charge in [0.15, 0.2) is 0 Å². The average molecular weight is 298 g/mol. The van der Waals surface area contributed by atoms with Crippen LogP contribution in [0.3, 0.4) is 0 Å². The van der Waals surface area contributed by atoms with E-state index >= 15 is 0 Å². The third-order valence-electron chi connectivity index (χ3n) is 3.64. The van der Waals surface area contributed by atoms with Crippen LogP contribution in [-0.4, -0.2) is 37.0 Å². The lowest BCUT2D eigenvalue weighted by molar-refractivity contribution is -0.117. The van der Waals surface area contributed by atoms with Crippen molar-refractivity contribution in [3.05, 3.63) is 29.8 Å². The second-order valence-electron chi connectivity index (χ2n) is 5.39. The molecule has 1 unspecified atom stereocenters. The fourth-order valence-electron chi connectivity index (χ4n) is 2.53. The Labute approximate surface area is 127 Å². The molecule has 4 nitrogen and oxygen atoms in total. The van der Waals surface area contributed by atoms with Crippen LogP contribution < -0.4 is 11.1 Å². The number of anilines is 1. The second-order valence-corrected chi connectivity index (χ2v) is 5.39. The Balaban J connectivity index is 0.00000200. The highest BCUT2D eigenvalue weighted by molar-refractivity contribution is 5.92. The lowest BCUT2D eigenvalue weighted by Crippen LogP contribution is -2.42. The summed E-state index contributed by atoms with van der Waals surface area (Å²) in [6.45, 7) is 5.16. The van der Waals surface area contributed by atoms with Gasteiger partial charge in [-0.1, -0.05) is 17.7 Å². The van der Waals surface area contributed by atoms with Crippen molar-refractivity contribution in [1.29, 1.82) is 0 Å². The highest BCUT2D eigenvalue weighted by atomic mass is 35.5. The first-order chi connectivity index (χ1) is 9.17. The second kappa shape index (κ2) is 8.25. The van der Waals surface area contributed by atoms with E-state index in [-0.39, 0.29) is 18.3 Å². The maximum Gasteiger partial charge on any atom is 0.238 e. The van der Waals surface area contributed by atoms with E-state index in [1.165, 1.54) is 12.0 Å². The summed E-state index contributed by atoms with van der Waals surface area (Å²) in [6, 6.07) is 7.88. The van der Waals surface area contributed by atoms with Crippen molar-refractivity contribution in [2.24, 2.45) is 11.7 Å². The Morgan fingerprint density at radius 2 is 2.10 bits per heavy atom. The standard InChI is InChI=1S/C15H23N3O.ClH/c1-12-4-6-14(7-5-12)17-15(19)11-18-8-2-3-13(9-16)10-18;/h4-7,13H,2-3,8-11,16H2,1H3,(H,17,19);1H. The van der Waals surface area contributed by atoms with Gasteiger partial charge in [0.25, 0.3) is 0 Å². The summed E-state index contributed by atoms with van der Waals surface area (Å²) in [5.74, 6) is 0.599. The molecule has 0 saturated carbocycles. The molecule has 2 rings (SSSR count). The molecule has 1 fully saturated rings. The van der Waals surface area contributed by atoms with Crippen LogP contribution in [-0.2, 0) is 4.79 Å². The Kier molecular flexibility index (Phi) is 6.99. The average Bonchev–Trinajstić information content (AvgIpc) is 2.41. The van der Waals surface area contributed by atoms with Crippen LogP contribution in [0.2, 0.25) is 0 Å². The number of amides is 1. The first kappa shape index (κ1) is 17.0. The molecule has 1 atom stereocenters. The molecular formula is C15H24ClN3O. The van der Waals surface area contributed by atoms with Crippen molar-refractivity contribution in [1.82, 2.24) is 4.90 Å². The van der Waals surface area contributed by atoms with Crippen LogP contribution in [0.4, 0.5) is 5.69 Å². The number of carbonyl (C=O) groups is 1. The predicted octanol–water partition coefficient (Wildman–Crippen LogP) is 2.03. The Bertz CT molecular complexity index is 422. The number of aryl methyl sites for hydroxylation is 1. The van der Waals surface area contributed by atoms with Gasteiger partial charge < -0.3 is 11.1 Å². The maximum atomic E-state index is 12.0. The number of hydrogen-bond acceptors (Lipinski definition) is 3. The number of halogens is 1. The minimum atomic E-state index is 0. The van der Waals surface area contributed by atoms with Crippen LogP contribution in [0.1, 0.15) is 18.4 Å². The minimum absolute atomic E-state index is 0. The molecule has 1 aliphatic rings. The number of rotatable bonds is 4. The van der Waals surface area contributed by atoms with Crippen LogP contribution in [0.25, 0.3) is 0 Å². The highest BCUT2D eigenvalue weighted by Gasteiger charge is 2.20. The van der Waals surface area contributed by atoms with Gasteiger partial charge in [-0.25, -0.2) is 0 Å². The fraction of sp³-hybridized carbons (Fsp3) is 0.533. The van der Waals surface area contributed by atoms with Crippen molar-refractivity contribution >= 4 is 24.0 Å². The SMILES string of the molecule is Cc1ccc(NC(=O)CN2CCCC(CN)C2)cc1.Cl. The van der Waals surface area contributed by atoms with E-state index in [0.29, 0.717) is 12.5 Å². The lowest BCUT2D eigenvalue weighted by Gasteiger charge is -2.31. The number of nitrogens with one attached hydrogen (secondary N) is 1. The van der Waals surface area contributed by atoms with E-state index in [1.54, 1.807) is 0 Å². The maximum absolute atomic E-state index is 12.0. The van der Waals surface area contributed by atoms with Crippen LogP contribution in [0.15, 0.2) is 24.3 Å². The van der Waals surface area contributed by atoms with Gasteiger partial charge in [0.05, 0.1) is 6.54 Å². The smallest absolute Gasteiger partial charge is 0.238 e. The van der Waals surface area contributed by atoms with E-state index in [0.717, 1.165) is 31.7 Å². The van der Waals surface area contributed by atoms with Gasteiger partial charge >= 0.3 is 0 Å². The molecule has 1 saturated heterocycles. The number of benzene rings is 1. The Morgan fingerprint density at radius 3 is 2.75 bits per heavy atom. The molecule has 0 bridgehead atoms. The number of hydrogen-bond donors (Lipinski definition) is 2. The van der Waals surface area contributed by atoms with Gasteiger partial charge in [-0.15, -0.1) is 12.4 Å². The van der Waals surface area contributed by atoms with Gasteiger partial charge in [-0.2, -0.15) is 0 Å². The first-order valence-corrected chi connectivity index (χ1v) is 6.96. The Morgan fingerprint density at radius 1 is 1.40 bits per heavy atom. The third kappa shape index (κ3) is 5.12. The van der Waals surface area contributed by atoms with E-state index in [9.17, 15) is 4.79 Å². The summed E-state index contributed by atoms with van der Waals surface area (Å²) < 4.78 is 0. The summed E-state index contributed by atoms with van der Waals surface area (Å²) >= 11 is 0. The zero-order valence-electron chi connectivity index (χ0n) is 12.0. The first-order valence-electron chi connectivity index (χ1n) is 6.96. The molecule has 1 heterocycles. The van der Waals surface area contributed by atoms with E-state index in [2.05, 4.69) is 10.2 Å². The number of nitrogens with two attached hydrogens (primary N) is 1. The topological polar surface area (TPSA) is 58.4 Å². The Hall–Kier alpha value is -1.10. The summed E-state index contributed by atoms with van der Waals surface area (Å²) in [4.78, 5) is 14.2. The van der Waals surface area contributed by atoms with Gasteiger partial charge in [-0.3, -0.25) is 9.69 Å². The number of piperidine rings is 1. The summed E-state index contributed by atoms with van der Waals surface area (Å²) in [6.07, 6.45) is 2.33. The molecule has 5 heteroatoms. The van der Waals surface area contributed by atoms with Gasteiger partial charge in [0.2, 0.25) is 5.91 Å². The number of carbonyl (C=O) groups excluding carboxylic acids is 1. The van der Waals surface area contributed by atoms with Crippen molar-refractivity contribution < 1.29 is 4.79 Å². The monoisotopic (exact) mass is 297 g/mol. The molecule has 0 aromatic heterocycles. The number of likely N-dealkylation sites (tertiary alicyclic amines) is 1. The third-order valence-corrected chi connectivity index (χ3v) is 3.64. The molecule has 3 N–H and O–H groups in total. The van der Waals surface area contributed by atoms with Crippen LogP contribution in [0, 0.1) is 12.8 Å². The quantitative estimate of drug-likeness (QED) is 0.894. The molecular weight excluding hydrogens is 274 g/mol. The van der Waals surface area contributed by atoms with Crippen LogP contribution in [0.5, 0.6) is 0 Å². The largest absolute Gasteiger partial charge is 0.330 e. The summed E-state index contributed by atoms with van der Waals surface area (Å²) in [5.41, 5.74) is 7.76. The fourth-order valence-corrected chi connectivity index (χ4v) is 2.53. The van der Waals surface area contributed by atoms with Crippen molar-refractivity contribution in [3.63, 3.8) is 0 Å². The summed E-state index contributed by atoms with van der Waals surface area (Å²) in [7, 11) is 0. The van der Waals surface area contributed by atoms with E-state index in [4.69, 9.17) is 5.73 Å².